The number of rotatable bonds is 2. The van der Waals surface area contributed by atoms with E-state index in [-0.39, 0.29) is 6.04 Å². The number of nitrogens with zero attached hydrogens (tertiary/aromatic N) is 4. The van der Waals surface area contributed by atoms with Crippen molar-refractivity contribution >= 4 is 17.5 Å². The predicted octanol–water partition coefficient (Wildman–Crippen LogP) is 3.51. The van der Waals surface area contributed by atoms with E-state index in [4.69, 9.17) is 0 Å². The fourth-order valence-corrected chi connectivity index (χ4v) is 4.60. The van der Waals surface area contributed by atoms with E-state index >= 15 is 0 Å². The molecule has 4 rings (SSSR count). The molecule has 2 aromatic rings. The van der Waals surface area contributed by atoms with Crippen LogP contribution >= 0.6 is 11.8 Å². The first-order valence-electron chi connectivity index (χ1n) is 8.17. The average molecular weight is 340 g/mol. The van der Waals surface area contributed by atoms with E-state index in [0.29, 0.717) is 0 Å². The molecule has 0 aliphatic carbocycles. The zero-order chi connectivity index (χ0) is 16.5. The Labute approximate surface area is 145 Å². The van der Waals surface area contributed by atoms with Crippen molar-refractivity contribution in [2.24, 2.45) is 5.18 Å². The van der Waals surface area contributed by atoms with Gasteiger partial charge in [0.1, 0.15) is 0 Å². The Kier molecular flexibility index (Phi) is 4.26. The van der Waals surface area contributed by atoms with Crippen LogP contribution in [0.25, 0.3) is 5.70 Å². The molecular formula is C18H20N4OS. The molecule has 5 nitrogen and oxygen atoms in total. The maximum absolute atomic E-state index is 11.1. The molecule has 0 bridgehead atoms. The molecule has 1 atom stereocenters. The summed E-state index contributed by atoms with van der Waals surface area (Å²) >= 11 is 1.75. The number of piperazine rings is 1. The number of hydrogen-bond acceptors (Lipinski definition) is 5. The van der Waals surface area contributed by atoms with Gasteiger partial charge in [0.05, 0.1) is 23.0 Å². The molecule has 0 saturated carbocycles. The van der Waals surface area contributed by atoms with E-state index in [2.05, 4.69) is 56.9 Å². The van der Waals surface area contributed by atoms with Crippen molar-refractivity contribution in [1.82, 2.24) is 14.4 Å². The summed E-state index contributed by atoms with van der Waals surface area (Å²) in [5, 5.41) is 4.25. The first-order valence-corrected chi connectivity index (χ1v) is 8.99. The quantitative estimate of drug-likeness (QED) is 0.785. The predicted molar refractivity (Wildman–Crippen MR) is 96.9 cm³/mol. The highest BCUT2D eigenvalue weighted by Gasteiger charge is 2.32. The number of hydrogen-bond donors (Lipinski definition) is 0. The van der Waals surface area contributed by atoms with E-state index in [1.807, 2.05) is 12.3 Å². The summed E-state index contributed by atoms with van der Waals surface area (Å²) in [6.45, 7) is 4.03. The minimum Gasteiger partial charge on any atom is -0.311 e. The Balaban J connectivity index is 1.86. The summed E-state index contributed by atoms with van der Waals surface area (Å²) in [4.78, 5) is 17.2. The first-order chi connectivity index (χ1) is 11.8. The van der Waals surface area contributed by atoms with E-state index in [0.717, 1.165) is 36.9 Å². The zero-order valence-electron chi connectivity index (χ0n) is 13.6. The molecule has 0 radical (unpaired) electrons. The molecule has 1 aromatic carbocycles. The second-order valence-corrected chi connectivity index (χ2v) is 7.32. The lowest BCUT2D eigenvalue weighted by atomic mass is 10.0. The van der Waals surface area contributed by atoms with Crippen molar-refractivity contribution in [3.8, 4) is 0 Å². The maximum atomic E-state index is 11.1. The largest absolute Gasteiger partial charge is 0.311 e. The lowest BCUT2D eigenvalue weighted by Gasteiger charge is -2.39. The van der Waals surface area contributed by atoms with Crippen LogP contribution in [0.15, 0.2) is 63.9 Å². The van der Waals surface area contributed by atoms with Gasteiger partial charge < -0.3 is 9.47 Å². The van der Waals surface area contributed by atoms with Gasteiger partial charge in [-0.25, -0.2) is 0 Å². The minimum absolute atomic E-state index is 0.0498. The van der Waals surface area contributed by atoms with Crippen molar-refractivity contribution in [3.05, 3.63) is 59.3 Å². The van der Waals surface area contributed by atoms with Gasteiger partial charge in [-0.3, -0.25) is 4.90 Å². The SMILES string of the molecule is CN1CCN(C2C(=CN=O)n3cccc3Sc3ccccc32)CC1. The number of aromatic nitrogens is 1. The van der Waals surface area contributed by atoms with Gasteiger partial charge in [0.25, 0.3) is 0 Å². The average Bonchev–Trinajstić information content (AvgIpc) is 3.00. The summed E-state index contributed by atoms with van der Waals surface area (Å²) in [6, 6.07) is 12.7. The summed E-state index contributed by atoms with van der Waals surface area (Å²) in [6.07, 6.45) is 3.50. The summed E-state index contributed by atoms with van der Waals surface area (Å²) in [5.74, 6) is 0. The molecule has 0 N–H and O–H groups in total. The molecule has 1 fully saturated rings. The minimum atomic E-state index is 0.0498. The van der Waals surface area contributed by atoms with Crippen LogP contribution in [-0.2, 0) is 0 Å². The van der Waals surface area contributed by atoms with E-state index in [9.17, 15) is 4.91 Å². The molecule has 24 heavy (non-hydrogen) atoms. The molecule has 124 valence electrons. The van der Waals surface area contributed by atoms with Crippen molar-refractivity contribution in [3.63, 3.8) is 0 Å². The van der Waals surface area contributed by atoms with Crippen molar-refractivity contribution in [2.45, 2.75) is 16.0 Å². The Morgan fingerprint density at radius 1 is 1.12 bits per heavy atom. The highest BCUT2D eigenvalue weighted by molar-refractivity contribution is 7.99. The van der Waals surface area contributed by atoms with Gasteiger partial charge in [0.2, 0.25) is 0 Å². The lowest BCUT2D eigenvalue weighted by Crippen LogP contribution is -2.46. The molecule has 2 aliphatic heterocycles. The number of nitroso groups, excluding NO2 is 1. The molecule has 1 unspecified atom stereocenters. The summed E-state index contributed by atoms with van der Waals surface area (Å²) in [7, 11) is 2.15. The molecule has 3 heterocycles. The fourth-order valence-electron chi connectivity index (χ4n) is 3.52. The van der Waals surface area contributed by atoms with Crippen LogP contribution in [0.4, 0.5) is 0 Å². The van der Waals surface area contributed by atoms with Gasteiger partial charge in [0, 0.05) is 37.3 Å². The van der Waals surface area contributed by atoms with Crippen molar-refractivity contribution in [2.75, 3.05) is 33.2 Å². The van der Waals surface area contributed by atoms with Gasteiger partial charge in [-0.05, 0) is 36.0 Å². The van der Waals surface area contributed by atoms with Crippen molar-refractivity contribution < 1.29 is 0 Å². The third kappa shape index (κ3) is 2.70. The molecule has 0 spiro atoms. The maximum Gasteiger partial charge on any atom is 0.0933 e. The monoisotopic (exact) mass is 340 g/mol. The van der Waals surface area contributed by atoms with Crippen molar-refractivity contribution in [1.29, 1.82) is 0 Å². The molecule has 6 heteroatoms. The third-order valence-corrected chi connectivity index (χ3v) is 5.92. The third-order valence-electron chi connectivity index (χ3n) is 4.79. The highest BCUT2D eigenvalue weighted by atomic mass is 32.2. The van der Waals surface area contributed by atoms with Crippen LogP contribution in [-0.4, -0.2) is 47.6 Å². The van der Waals surface area contributed by atoms with Gasteiger partial charge >= 0.3 is 0 Å². The van der Waals surface area contributed by atoms with Gasteiger partial charge in [-0.15, -0.1) is 4.91 Å². The molecule has 0 amide bonds. The van der Waals surface area contributed by atoms with Gasteiger partial charge in [-0.2, -0.15) is 0 Å². The molecule has 1 aromatic heterocycles. The fraction of sp³-hybridized carbons (Fsp3) is 0.333. The van der Waals surface area contributed by atoms with Crippen LogP contribution in [0.3, 0.4) is 0 Å². The van der Waals surface area contributed by atoms with E-state index in [1.165, 1.54) is 16.7 Å². The van der Waals surface area contributed by atoms with Crippen LogP contribution < -0.4 is 0 Å². The number of likely N-dealkylation sites (N-methyl/N-ethyl adjacent to an activating group) is 1. The second-order valence-electron chi connectivity index (χ2n) is 6.26. The van der Waals surface area contributed by atoms with Gasteiger partial charge in [-0.1, -0.05) is 30.0 Å². The standard InChI is InChI=1S/C18H20N4OS/c1-20-9-11-21(12-10-20)18-14-5-2-3-6-16(14)24-17-7-4-8-22(17)15(18)13-19-23/h2-8,13,18H,9-12H2,1H3. The van der Waals surface area contributed by atoms with Crippen LogP contribution in [0.1, 0.15) is 11.6 Å². The zero-order valence-corrected chi connectivity index (χ0v) is 14.4. The summed E-state index contributed by atoms with van der Waals surface area (Å²) in [5.41, 5.74) is 2.19. The van der Waals surface area contributed by atoms with E-state index in [1.54, 1.807) is 11.8 Å². The Morgan fingerprint density at radius 2 is 1.92 bits per heavy atom. The number of benzene rings is 1. The van der Waals surface area contributed by atoms with Crippen LogP contribution in [0.2, 0.25) is 0 Å². The lowest BCUT2D eigenvalue weighted by molar-refractivity contribution is 0.130. The van der Waals surface area contributed by atoms with Crippen LogP contribution in [0.5, 0.6) is 0 Å². The van der Waals surface area contributed by atoms with E-state index < -0.39 is 0 Å². The highest BCUT2D eigenvalue weighted by Crippen LogP contribution is 2.45. The first kappa shape index (κ1) is 15.6. The number of fused-ring (bicyclic) bond motifs is 2. The Morgan fingerprint density at radius 3 is 2.71 bits per heavy atom. The van der Waals surface area contributed by atoms with Crippen LogP contribution in [0, 0.1) is 4.91 Å². The van der Waals surface area contributed by atoms with Gasteiger partial charge in [0.15, 0.2) is 0 Å². The topological polar surface area (TPSA) is 40.8 Å². The Bertz CT molecular complexity index is 777. The Hall–Kier alpha value is -1.89. The smallest absolute Gasteiger partial charge is 0.0933 e. The second kappa shape index (κ2) is 6.55. The molecule has 1 saturated heterocycles. The molecule has 2 aliphatic rings. The normalized spacial score (nSPS) is 23.5. The summed E-state index contributed by atoms with van der Waals surface area (Å²) < 4.78 is 2.11. The molecular weight excluding hydrogens is 320 g/mol.